The molecule has 56 heavy (non-hydrogen) atoms. The number of methoxy groups -OCH3 is 1. The number of nitrogens with zero attached hydrogens (tertiary/aromatic N) is 1. The van der Waals surface area contributed by atoms with Crippen molar-refractivity contribution in [2.24, 2.45) is 28.1 Å². The number of sulfonamides is 1. The summed E-state index contributed by atoms with van der Waals surface area (Å²) >= 11 is 0. The molecule has 5 aliphatic rings. The fraction of sp³-hybridized carbons (Fsp3) is 0.628. The summed E-state index contributed by atoms with van der Waals surface area (Å²) in [4.78, 5) is 57.8. The van der Waals surface area contributed by atoms with Gasteiger partial charge in [0.25, 0.3) is 0 Å². The highest BCUT2D eigenvalue weighted by Gasteiger charge is 2.66. The zero-order valence-electron chi connectivity index (χ0n) is 33.4. The highest BCUT2D eigenvalue weighted by atomic mass is 32.2. The van der Waals surface area contributed by atoms with E-state index in [0.717, 1.165) is 36.8 Å². The Morgan fingerprint density at radius 2 is 1.70 bits per heavy atom. The topological polar surface area (TPSA) is 136 Å². The summed E-state index contributed by atoms with van der Waals surface area (Å²) in [7, 11) is -2.59. The summed E-state index contributed by atoms with van der Waals surface area (Å²) in [5, 5.41) is -0.771. The molecular weight excluding hydrogens is 743 g/mol. The van der Waals surface area contributed by atoms with Crippen LogP contribution in [0.3, 0.4) is 0 Å². The molecule has 1 saturated heterocycles. The molecule has 4 bridgehead atoms. The average molecular weight is 799 g/mol. The number of carbonyl (C=O) groups is 4. The van der Waals surface area contributed by atoms with E-state index in [0.29, 0.717) is 18.4 Å². The summed E-state index contributed by atoms with van der Waals surface area (Å²) in [6, 6.07) is 14.8. The molecule has 3 aliphatic heterocycles. The van der Waals surface area contributed by atoms with Gasteiger partial charge in [0.05, 0.1) is 42.2 Å². The molecule has 0 spiro atoms. The lowest BCUT2D eigenvalue weighted by molar-refractivity contribution is -0.155. The number of halogens is 2. The van der Waals surface area contributed by atoms with Crippen molar-refractivity contribution in [1.82, 2.24) is 9.62 Å². The number of aryl methyl sites for hydroxylation is 1. The van der Waals surface area contributed by atoms with E-state index in [1.807, 2.05) is 75.7 Å². The van der Waals surface area contributed by atoms with E-state index in [-0.39, 0.29) is 37.8 Å². The van der Waals surface area contributed by atoms with E-state index in [4.69, 9.17) is 9.47 Å². The number of amides is 2. The van der Waals surface area contributed by atoms with Crippen molar-refractivity contribution >= 4 is 33.6 Å². The van der Waals surface area contributed by atoms with Gasteiger partial charge in [0.2, 0.25) is 28.3 Å². The molecule has 3 heterocycles. The molecule has 5 atom stereocenters. The maximum Gasteiger partial charge on any atom is 0.306 e. The minimum atomic E-state index is -4.08. The summed E-state index contributed by atoms with van der Waals surface area (Å²) in [5.74, 6) is -5.26. The number of ketones is 1. The largest absolute Gasteiger partial charge is 0.465 e. The first-order valence-electron chi connectivity index (χ1n) is 19.8. The Labute approximate surface area is 329 Å². The van der Waals surface area contributed by atoms with Crippen LogP contribution in [-0.2, 0) is 50.7 Å². The van der Waals surface area contributed by atoms with Crippen LogP contribution in [0, 0.1) is 28.1 Å². The van der Waals surface area contributed by atoms with Crippen LogP contribution in [0.5, 0.6) is 0 Å². The number of nitrogens with one attached hydrogen (secondary N) is 1. The molecule has 2 aliphatic carbocycles. The minimum Gasteiger partial charge on any atom is -0.465 e. The molecule has 2 aromatic rings. The lowest BCUT2D eigenvalue weighted by Gasteiger charge is -2.35. The Balaban J connectivity index is 1.39. The lowest BCUT2D eigenvalue weighted by Crippen LogP contribution is -2.49. The van der Waals surface area contributed by atoms with Crippen molar-refractivity contribution < 1.29 is 45.9 Å². The number of hydrogen-bond donors (Lipinski definition) is 1. The summed E-state index contributed by atoms with van der Waals surface area (Å²) in [6.07, 6.45) is -0.0262. The third-order valence-electron chi connectivity index (χ3n) is 12.6. The molecule has 1 N–H and O–H groups in total. The normalized spacial score (nSPS) is 28.7. The zero-order valence-corrected chi connectivity index (χ0v) is 34.2. The van der Waals surface area contributed by atoms with Crippen LogP contribution in [0.2, 0.25) is 0 Å². The second kappa shape index (κ2) is 15.6. The van der Waals surface area contributed by atoms with Crippen molar-refractivity contribution in [3.63, 3.8) is 0 Å². The van der Waals surface area contributed by atoms with E-state index >= 15 is 0 Å². The second-order valence-electron chi connectivity index (χ2n) is 18.4. The van der Waals surface area contributed by atoms with E-state index in [9.17, 15) is 36.4 Å². The first-order valence-corrected chi connectivity index (χ1v) is 21.3. The maximum atomic E-state index is 14.9. The van der Waals surface area contributed by atoms with Crippen LogP contribution in [0.15, 0.2) is 48.5 Å². The van der Waals surface area contributed by atoms with E-state index in [1.54, 1.807) is 0 Å². The van der Waals surface area contributed by atoms with Gasteiger partial charge in [-0.15, -0.1) is 0 Å². The first kappa shape index (κ1) is 41.9. The molecular formula is C43H56F2N2O8S. The number of carbonyl (C=O) groups excluding carboxylic acids is 4. The van der Waals surface area contributed by atoms with Crippen LogP contribution in [0.25, 0.3) is 11.1 Å². The molecule has 3 fully saturated rings. The number of benzene rings is 2. The van der Waals surface area contributed by atoms with Crippen LogP contribution in [0.4, 0.5) is 8.78 Å². The molecule has 0 radical (unpaired) electrons. The third kappa shape index (κ3) is 8.73. The van der Waals surface area contributed by atoms with Crippen molar-refractivity contribution in [1.29, 1.82) is 0 Å². The number of alkyl halides is 2. The summed E-state index contributed by atoms with van der Waals surface area (Å²) in [6.45, 7) is 9.66. The predicted molar refractivity (Wildman–Crippen MR) is 207 cm³/mol. The van der Waals surface area contributed by atoms with Crippen LogP contribution < -0.4 is 4.72 Å². The van der Waals surface area contributed by atoms with Gasteiger partial charge in [-0.25, -0.2) is 17.2 Å². The molecule has 7 rings (SSSR count). The molecule has 0 aromatic heterocycles. The molecule has 2 amide bonds. The Hall–Kier alpha value is -3.71. The van der Waals surface area contributed by atoms with Crippen molar-refractivity contribution in [2.45, 2.75) is 122 Å². The monoisotopic (exact) mass is 798 g/mol. The number of hydrogen-bond acceptors (Lipinski definition) is 8. The van der Waals surface area contributed by atoms with Gasteiger partial charge in [-0.2, -0.15) is 0 Å². The predicted octanol–water partition coefficient (Wildman–Crippen LogP) is 6.98. The van der Waals surface area contributed by atoms with E-state index in [1.165, 1.54) is 17.6 Å². The zero-order chi connectivity index (χ0) is 40.8. The number of Topliss-reactive ketones (excluding diaryl/α,β-unsaturated/α-hetero) is 1. The Morgan fingerprint density at radius 1 is 1.02 bits per heavy atom. The van der Waals surface area contributed by atoms with Gasteiger partial charge in [-0.05, 0) is 71.6 Å². The SMILES string of the molecule is CO[C@@]12C[C@@H](C(=O)C[C@]3(C(=O)NS(=O)(=O)C4CC4)C[C@H]3C(F)F)N(C1)C(=O)[C@H](C(C)(C)C)CC(=O)OCC(C)(C)CCCCc1ccccc1-c1ccc2cc1. The molecule has 10 nitrogen and oxygen atoms in total. The lowest BCUT2D eigenvalue weighted by atomic mass is 9.77. The Kier molecular flexibility index (Phi) is 11.6. The number of esters is 1. The average Bonchev–Trinajstić information content (AvgIpc) is 4.07. The van der Waals surface area contributed by atoms with Gasteiger partial charge in [0.1, 0.15) is 5.60 Å². The quantitative estimate of drug-likeness (QED) is 0.283. The van der Waals surface area contributed by atoms with Crippen LogP contribution in [-0.4, -0.2) is 74.9 Å². The smallest absolute Gasteiger partial charge is 0.306 e. The maximum absolute atomic E-state index is 14.9. The third-order valence-corrected chi connectivity index (χ3v) is 14.4. The van der Waals surface area contributed by atoms with Crippen LogP contribution >= 0.6 is 0 Å². The fourth-order valence-electron chi connectivity index (χ4n) is 8.63. The summed E-state index contributed by atoms with van der Waals surface area (Å²) < 4.78 is 68.0. The van der Waals surface area contributed by atoms with Crippen molar-refractivity contribution in [3.05, 3.63) is 59.7 Å². The molecule has 13 heteroatoms. The van der Waals surface area contributed by atoms with Gasteiger partial charge >= 0.3 is 5.97 Å². The number of ether oxygens (including phenoxy) is 2. The number of fused-ring (bicyclic) bond motifs is 12. The minimum absolute atomic E-state index is 0.0447. The number of rotatable bonds is 8. The van der Waals surface area contributed by atoms with Gasteiger partial charge in [0.15, 0.2) is 5.78 Å². The fourth-order valence-corrected chi connectivity index (χ4v) is 10.0. The molecule has 2 aromatic carbocycles. The van der Waals surface area contributed by atoms with E-state index < -0.39 is 86.0 Å². The first-order chi connectivity index (χ1) is 26.2. The van der Waals surface area contributed by atoms with Crippen LogP contribution in [0.1, 0.15) is 104 Å². The molecule has 2 saturated carbocycles. The highest BCUT2D eigenvalue weighted by Crippen LogP contribution is 2.59. The Morgan fingerprint density at radius 3 is 2.30 bits per heavy atom. The van der Waals surface area contributed by atoms with Gasteiger partial charge < -0.3 is 14.4 Å². The van der Waals surface area contributed by atoms with Gasteiger partial charge in [0, 0.05) is 25.9 Å². The highest BCUT2D eigenvalue weighted by molar-refractivity contribution is 7.90. The van der Waals surface area contributed by atoms with Crippen molar-refractivity contribution in [2.75, 3.05) is 20.3 Å². The van der Waals surface area contributed by atoms with E-state index in [2.05, 4.69) is 12.1 Å². The second-order valence-corrected chi connectivity index (χ2v) is 20.4. The van der Waals surface area contributed by atoms with Gasteiger partial charge in [-0.3, -0.25) is 23.9 Å². The standard InChI is InChI=1S/C43H56F2N2O8S/c1-40(2,3)32-21-36(49)55-26-41(4,5)20-10-9-12-27-11-7-8-13-31(27)28-14-16-29(17-15-28)43(54-6)23-34(47(25-43)38(32)50)35(48)24-42(22-33(42)37(44)45)39(51)46-56(52,53)30-18-19-30/h7-8,11,13-17,30,32-34,37H,9-10,12,18-26H2,1-6H3,(H,46,51)/t32-,33+,34+,42-,43+/m1/s1. The summed E-state index contributed by atoms with van der Waals surface area (Å²) in [5.41, 5.74) is -0.265. The Bertz CT molecular complexity index is 1940. The molecule has 306 valence electrons. The van der Waals surface area contributed by atoms with Gasteiger partial charge in [-0.1, -0.05) is 89.6 Å². The molecule has 0 unspecified atom stereocenters. The van der Waals surface area contributed by atoms with Crippen molar-refractivity contribution in [3.8, 4) is 11.1 Å².